The molecule has 0 bridgehead atoms. The first-order valence-corrected chi connectivity index (χ1v) is 7.50. The van der Waals surface area contributed by atoms with Gasteiger partial charge in [0.05, 0.1) is 31.4 Å². The minimum absolute atomic E-state index is 0.164. The van der Waals surface area contributed by atoms with E-state index in [-0.39, 0.29) is 4.90 Å². The second-order valence-electron chi connectivity index (χ2n) is 7.11. The van der Waals surface area contributed by atoms with Gasteiger partial charge in [0.15, 0.2) is 0 Å². The lowest BCUT2D eigenvalue weighted by molar-refractivity contribution is -0.309. The summed E-state index contributed by atoms with van der Waals surface area (Å²) in [6, 6.07) is 0. The van der Waals surface area contributed by atoms with E-state index >= 15 is 0 Å². The lowest BCUT2D eigenvalue weighted by Gasteiger charge is -2.64. The number of piperazine rings is 1. The zero-order chi connectivity index (χ0) is 21.7. The van der Waals surface area contributed by atoms with Crippen LogP contribution in [-0.2, 0) is 4.74 Å². The molecule has 0 spiro atoms. The van der Waals surface area contributed by atoms with E-state index in [1.807, 2.05) is 0 Å². The average molecular weight is 385 g/mol. The van der Waals surface area contributed by atoms with Gasteiger partial charge in [-0.25, -0.2) is 4.79 Å². The predicted octanol–water partition coefficient (Wildman–Crippen LogP) is 0.507. The maximum Gasteiger partial charge on any atom is 0.434 e. The number of carbonyl (C=O) groups excluding carboxylic acids is 1. The van der Waals surface area contributed by atoms with Crippen LogP contribution >= 0.6 is 0 Å². The zero-order valence-corrected chi connectivity index (χ0v) is 14.7. The van der Waals surface area contributed by atoms with Gasteiger partial charge in [0.1, 0.15) is 7.85 Å². The maximum absolute atomic E-state index is 12.6. The number of ether oxygens (including phenoxy) is 1. The average Bonchev–Trinajstić information content (AvgIpc) is 2.38. The van der Waals surface area contributed by atoms with Crippen molar-refractivity contribution in [3.05, 3.63) is 0 Å². The molecule has 0 aromatic carbocycles. The van der Waals surface area contributed by atoms with Crippen molar-refractivity contribution in [2.45, 2.75) is 67.9 Å². The van der Waals surface area contributed by atoms with Crippen molar-refractivity contribution in [3.8, 4) is 0 Å². The molecule has 0 N–H and O–H groups in total. The minimum Gasteiger partial charge on any atom is -0.426 e. The van der Waals surface area contributed by atoms with E-state index in [2.05, 4.69) is 4.74 Å². The Morgan fingerprint density at radius 1 is 0.963 bits per heavy atom. The van der Waals surface area contributed by atoms with Gasteiger partial charge >= 0.3 is 18.4 Å². The highest BCUT2D eigenvalue weighted by molar-refractivity contribution is 6.45. The van der Waals surface area contributed by atoms with Gasteiger partial charge < -0.3 is 14.5 Å². The van der Waals surface area contributed by atoms with Crippen molar-refractivity contribution in [1.82, 2.24) is 9.80 Å². The minimum atomic E-state index is -5.92. The number of hydrogen-bond donors (Lipinski definition) is 0. The molecule has 1 heterocycles. The molecule has 15 heteroatoms. The summed E-state index contributed by atoms with van der Waals surface area (Å²) in [5.41, 5.74) is -0.866. The largest absolute Gasteiger partial charge is 0.434 e. The number of carbonyl (C=O) groups is 1. The van der Waals surface area contributed by atoms with Crippen LogP contribution in [0.3, 0.4) is 0 Å². The van der Waals surface area contributed by atoms with Crippen LogP contribution < -0.4 is 0 Å². The molecule has 3 unspecified atom stereocenters. The summed E-state index contributed by atoms with van der Waals surface area (Å²) in [5, 5.41) is -2.14. The number of amides is 1. The lowest BCUT2D eigenvalue weighted by atomic mass is 9.46. The number of nitrogens with zero attached hydrogens (tertiary/aromatic N) is 2. The van der Waals surface area contributed by atoms with Crippen LogP contribution in [0.1, 0.15) is 20.8 Å². The van der Waals surface area contributed by atoms with Crippen molar-refractivity contribution in [3.63, 3.8) is 0 Å². The van der Waals surface area contributed by atoms with Gasteiger partial charge in [0.2, 0.25) is 0 Å². The highest BCUT2D eigenvalue weighted by Crippen LogP contribution is 2.38. The van der Waals surface area contributed by atoms with E-state index in [4.69, 9.17) is 39.2 Å². The number of halogens is 6. The Morgan fingerprint density at radius 2 is 1.37 bits per heavy atom. The first-order valence-electron chi connectivity index (χ1n) is 7.50. The van der Waals surface area contributed by atoms with Gasteiger partial charge in [-0.05, 0) is 38.0 Å². The standard InChI is InChI=1S/C12H13B5F6N2O2/c1-9(2,3)25-5(14)4(13)24(7(15)10(25,16)17)8(26)27-6(11(18,19)20)12(21,22)23/h4-7H,1-3H3. The third kappa shape index (κ3) is 4.76. The van der Waals surface area contributed by atoms with Crippen LogP contribution in [0.15, 0.2) is 0 Å². The van der Waals surface area contributed by atoms with Crippen molar-refractivity contribution in [2.75, 3.05) is 0 Å². The van der Waals surface area contributed by atoms with Gasteiger partial charge in [-0.15, -0.1) is 0 Å². The summed E-state index contributed by atoms with van der Waals surface area (Å²) >= 11 is 0. The molecule has 0 aromatic rings. The fourth-order valence-corrected chi connectivity index (χ4v) is 2.87. The van der Waals surface area contributed by atoms with Gasteiger partial charge in [-0.3, -0.25) is 0 Å². The van der Waals surface area contributed by atoms with E-state index in [9.17, 15) is 31.1 Å². The molecular weight excluding hydrogens is 372 g/mol. The molecule has 140 valence electrons. The quantitative estimate of drug-likeness (QED) is 0.487. The second kappa shape index (κ2) is 7.19. The molecule has 1 rings (SSSR count). The molecule has 4 nitrogen and oxygen atoms in total. The third-order valence-electron chi connectivity index (χ3n) is 3.91. The summed E-state index contributed by atoms with van der Waals surface area (Å²) in [5.74, 6) is -4.86. The van der Waals surface area contributed by atoms with Crippen LogP contribution in [0.2, 0.25) is 0 Å². The van der Waals surface area contributed by atoms with Crippen molar-refractivity contribution < 1.29 is 35.9 Å². The summed E-state index contributed by atoms with van der Waals surface area (Å²) in [7, 11) is 29.1. The number of hydrogen-bond acceptors (Lipinski definition) is 3. The van der Waals surface area contributed by atoms with E-state index < -0.39 is 53.2 Å². The van der Waals surface area contributed by atoms with E-state index in [0.29, 0.717) is 0 Å². The van der Waals surface area contributed by atoms with Crippen molar-refractivity contribution >= 4 is 45.3 Å². The molecule has 1 saturated heterocycles. The van der Waals surface area contributed by atoms with Crippen molar-refractivity contribution in [1.29, 1.82) is 0 Å². The highest BCUT2D eigenvalue weighted by Gasteiger charge is 2.61. The SMILES string of the molecule is [B]C1C([B])N(C(C)(C)C)C([B])([B])C([B])N1C(=O)OC(C(F)(F)F)C(F)(F)F. The lowest BCUT2D eigenvalue weighted by Crippen LogP contribution is -2.80. The Labute approximate surface area is 159 Å². The summed E-state index contributed by atoms with van der Waals surface area (Å²) < 4.78 is 79.4. The topological polar surface area (TPSA) is 32.8 Å². The summed E-state index contributed by atoms with van der Waals surface area (Å²) in [6.45, 7) is 4.83. The highest BCUT2D eigenvalue weighted by atomic mass is 19.4. The van der Waals surface area contributed by atoms with Gasteiger partial charge in [-0.2, -0.15) is 26.3 Å². The molecule has 1 amide bonds. The number of rotatable bonds is 1. The fourth-order valence-electron chi connectivity index (χ4n) is 2.87. The second-order valence-corrected chi connectivity index (χ2v) is 7.11. The Morgan fingerprint density at radius 3 is 1.70 bits per heavy atom. The molecule has 10 radical (unpaired) electrons. The molecular formula is C12H13B5F6N2O2. The molecule has 0 aromatic heterocycles. The molecule has 1 aliphatic heterocycles. The molecule has 0 aliphatic carbocycles. The van der Waals surface area contributed by atoms with Crippen LogP contribution in [0.5, 0.6) is 0 Å². The van der Waals surface area contributed by atoms with Gasteiger partial charge in [0, 0.05) is 11.5 Å². The summed E-state index contributed by atoms with van der Waals surface area (Å²) in [6.07, 6.45) is -18.3. The molecule has 0 saturated carbocycles. The number of alkyl halides is 6. The Balaban J connectivity index is 3.25. The molecule has 1 fully saturated rings. The van der Waals surface area contributed by atoms with E-state index in [1.54, 1.807) is 20.8 Å². The zero-order valence-electron chi connectivity index (χ0n) is 14.7. The predicted molar refractivity (Wildman–Crippen MR) is 88.7 cm³/mol. The molecule has 1 aliphatic rings. The first kappa shape index (κ1) is 24.2. The van der Waals surface area contributed by atoms with Gasteiger partial charge in [-0.1, -0.05) is 0 Å². The maximum atomic E-state index is 12.6. The summed E-state index contributed by atoms with van der Waals surface area (Å²) in [4.78, 5) is 13.4. The normalized spacial score (nSPS) is 27.6. The van der Waals surface area contributed by atoms with Gasteiger partial charge in [0.25, 0.3) is 6.10 Å². The van der Waals surface area contributed by atoms with Crippen LogP contribution in [0.4, 0.5) is 31.1 Å². The molecule has 27 heavy (non-hydrogen) atoms. The van der Waals surface area contributed by atoms with Crippen LogP contribution in [0.25, 0.3) is 0 Å². The van der Waals surface area contributed by atoms with E-state index in [0.717, 1.165) is 0 Å². The third-order valence-corrected chi connectivity index (χ3v) is 3.91. The van der Waals surface area contributed by atoms with Crippen molar-refractivity contribution in [2.24, 2.45) is 0 Å². The molecule has 3 atom stereocenters. The van der Waals surface area contributed by atoms with E-state index in [1.165, 1.54) is 4.90 Å². The Bertz CT molecular complexity index is 554. The first-order chi connectivity index (χ1) is 11.7. The monoisotopic (exact) mass is 386 g/mol. The fraction of sp³-hybridized carbons (Fsp3) is 0.917. The van der Waals surface area contributed by atoms with Crippen LogP contribution in [0, 0.1) is 0 Å². The Kier molecular flexibility index (Phi) is 6.43. The Hall–Kier alpha value is -0.865. The smallest absolute Gasteiger partial charge is 0.426 e. The van der Waals surface area contributed by atoms with Crippen LogP contribution in [-0.4, -0.2) is 102 Å².